The van der Waals surface area contributed by atoms with Crippen molar-refractivity contribution in [3.05, 3.63) is 0 Å². The number of rotatable bonds is 11. The van der Waals surface area contributed by atoms with Gasteiger partial charge >= 0.3 is 6.09 Å². The van der Waals surface area contributed by atoms with Crippen LogP contribution in [-0.4, -0.2) is 118 Å². The lowest BCUT2D eigenvalue weighted by atomic mass is 9.45. The van der Waals surface area contributed by atoms with E-state index in [1.54, 1.807) is 26.1 Å². The van der Waals surface area contributed by atoms with Gasteiger partial charge in [-0.1, -0.05) is 27.2 Å². The molecule has 49 heavy (non-hydrogen) atoms. The summed E-state index contributed by atoms with van der Waals surface area (Å²) in [6.07, 6.45) is 5.80. The Morgan fingerprint density at radius 1 is 1.04 bits per heavy atom. The number of nitrogens with zero attached hydrogens (tertiary/aromatic N) is 2. The maximum atomic E-state index is 14.5. The zero-order chi connectivity index (χ0) is 35.8. The van der Waals surface area contributed by atoms with E-state index in [0.29, 0.717) is 41.7 Å². The van der Waals surface area contributed by atoms with E-state index >= 15 is 0 Å². The normalized spacial score (nSPS) is 41.0. The molecule has 12 heteroatoms. The van der Waals surface area contributed by atoms with Crippen molar-refractivity contribution in [2.24, 2.45) is 52.8 Å². The first-order valence-electron chi connectivity index (χ1n) is 18.9. The zero-order valence-electron chi connectivity index (χ0n) is 31.4. The number of hydrogen-bond acceptors (Lipinski definition) is 9. The Morgan fingerprint density at radius 2 is 1.78 bits per heavy atom. The first-order chi connectivity index (χ1) is 23.2. The van der Waals surface area contributed by atoms with Gasteiger partial charge in [0.1, 0.15) is 18.2 Å². The average molecular weight is 692 g/mol. The van der Waals surface area contributed by atoms with Crippen molar-refractivity contribution in [3.63, 3.8) is 0 Å². The van der Waals surface area contributed by atoms with E-state index in [1.807, 2.05) is 0 Å². The molecule has 0 aromatic carbocycles. The lowest BCUT2D eigenvalue weighted by Gasteiger charge is -2.62. The van der Waals surface area contributed by atoms with Crippen molar-refractivity contribution >= 4 is 17.9 Å². The van der Waals surface area contributed by atoms with E-state index in [-0.39, 0.29) is 48.3 Å². The molecule has 0 radical (unpaired) electrons. The zero-order valence-corrected chi connectivity index (χ0v) is 31.4. The molecule has 6 fully saturated rings. The van der Waals surface area contributed by atoms with Crippen molar-refractivity contribution in [2.45, 2.75) is 115 Å². The van der Waals surface area contributed by atoms with Crippen molar-refractivity contribution < 1.29 is 33.8 Å². The van der Waals surface area contributed by atoms with Crippen LogP contribution in [0.2, 0.25) is 0 Å². The summed E-state index contributed by atoms with van der Waals surface area (Å²) in [5.41, 5.74) is 0.293. The highest BCUT2D eigenvalue weighted by atomic mass is 16.7. The molecule has 14 atom stereocenters. The van der Waals surface area contributed by atoms with E-state index < -0.39 is 30.3 Å². The predicted octanol–water partition coefficient (Wildman–Crippen LogP) is 3.03. The monoisotopic (exact) mass is 691 g/mol. The van der Waals surface area contributed by atoms with Gasteiger partial charge in [-0.2, -0.15) is 5.06 Å². The van der Waals surface area contributed by atoms with Crippen LogP contribution in [0.5, 0.6) is 0 Å². The predicted molar refractivity (Wildman–Crippen MR) is 186 cm³/mol. The number of carbonyl (C=O) groups is 3. The number of carbonyl (C=O) groups excluding carboxylic acids is 3. The molecule has 2 bridgehead atoms. The first kappa shape index (κ1) is 38.2. The summed E-state index contributed by atoms with van der Waals surface area (Å²) in [6, 6.07) is -0.371. The largest absolute Gasteiger partial charge is 0.446 e. The van der Waals surface area contributed by atoms with Crippen LogP contribution in [0, 0.1) is 52.8 Å². The van der Waals surface area contributed by atoms with Crippen LogP contribution in [0.15, 0.2) is 0 Å². The molecule has 5 aliphatic carbocycles. The summed E-state index contributed by atoms with van der Waals surface area (Å²) in [5, 5.41) is 21.1. The fourth-order valence-electron chi connectivity index (χ4n) is 10.9. The highest BCUT2D eigenvalue weighted by Gasteiger charge is 2.58. The van der Waals surface area contributed by atoms with E-state index in [0.717, 1.165) is 44.9 Å². The molecule has 0 aromatic heterocycles. The summed E-state index contributed by atoms with van der Waals surface area (Å²) < 4.78 is 12.0. The van der Waals surface area contributed by atoms with Crippen LogP contribution in [0.4, 0.5) is 4.79 Å². The van der Waals surface area contributed by atoms with Crippen LogP contribution in [0.25, 0.3) is 0 Å². The summed E-state index contributed by atoms with van der Waals surface area (Å²) in [7, 11) is 9.21. The lowest BCUT2D eigenvalue weighted by molar-refractivity contribution is -0.193. The van der Waals surface area contributed by atoms with E-state index in [2.05, 4.69) is 55.7 Å². The molecule has 6 rings (SSSR count). The van der Waals surface area contributed by atoms with Gasteiger partial charge in [0.05, 0.1) is 18.6 Å². The van der Waals surface area contributed by atoms with Crippen LogP contribution >= 0.6 is 0 Å². The van der Waals surface area contributed by atoms with Crippen LogP contribution in [0.3, 0.4) is 0 Å². The molecule has 1 saturated heterocycles. The number of methoxy groups -OCH3 is 1. The maximum Gasteiger partial charge on any atom is 0.407 e. The number of hydrogen-bond donors (Lipinski definition) is 4. The van der Waals surface area contributed by atoms with Crippen molar-refractivity contribution in [3.8, 4) is 0 Å². The van der Waals surface area contributed by atoms with Gasteiger partial charge in [-0.15, -0.1) is 0 Å². The maximum absolute atomic E-state index is 14.5. The van der Waals surface area contributed by atoms with Gasteiger partial charge in [-0.05, 0) is 101 Å². The summed E-state index contributed by atoms with van der Waals surface area (Å²) >= 11 is 0. The van der Waals surface area contributed by atoms with E-state index in [9.17, 15) is 19.5 Å². The minimum Gasteiger partial charge on any atom is -0.446 e. The SMILES string of the molecule is CNC(=O)O[C@@H](C)[C@H]1[C@H](CO)ON(CC2CCCC(C3CC(C(=O)NC)CC(N(C)C)C3)C2OC)[C@@H]1C(=O)N[C@H]1CC2C[C@@H]([C@@H]1C)C2(C)C. The minimum absolute atomic E-state index is 0.0318. The molecule has 3 amide bonds. The second-order valence-electron chi connectivity index (χ2n) is 16.8. The smallest absolute Gasteiger partial charge is 0.407 e. The number of hydroxylamine groups is 2. The summed E-state index contributed by atoms with van der Waals surface area (Å²) in [5.74, 6) is 1.55. The van der Waals surface area contributed by atoms with Crippen molar-refractivity contribution in [1.29, 1.82) is 0 Å². The highest BCUT2D eigenvalue weighted by Crippen LogP contribution is 2.61. The standard InChI is InChI=1S/C37H65N5O7/c1-20-28-16-25(37(28,3)4)17-29(20)40-35(45)32-31(21(2)48-36(46)39-6)30(19-43)49-42(32)18-22-11-10-12-27(33(22)47-9)23-13-24(34(44)38-5)15-26(14-23)41(7)8/h20-33,43H,10-19H2,1-9H3,(H,38,44)(H,39,46)(H,40,45)/t20-,21-,22?,23?,24?,25?,26?,27?,28-,29-,30-,31-,32-,33?/m0/s1. The average Bonchev–Trinajstić information content (AvgIpc) is 3.46. The van der Waals surface area contributed by atoms with Crippen LogP contribution in [-0.2, 0) is 23.9 Å². The van der Waals surface area contributed by atoms with Gasteiger partial charge in [0.2, 0.25) is 11.8 Å². The third-order valence-electron chi connectivity index (χ3n) is 13.9. The molecule has 6 aliphatic rings. The number of aliphatic hydroxyl groups is 1. The quantitative estimate of drug-likeness (QED) is 0.257. The molecule has 12 nitrogen and oxygen atoms in total. The second-order valence-corrected chi connectivity index (χ2v) is 16.8. The van der Waals surface area contributed by atoms with Gasteiger partial charge in [0.15, 0.2) is 0 Å². The molecular weight excluding hydrogens is 626 g/mol. The number of nitrogens with one attached hydrogen (secondary N) is 3. The molecule has 4 N–H and O–H groups in total. The third kappa shape index (κ3) is 7.64. The molecule has 5 saturated carbocycles. The topological polar surface area (TPSA) is 142 Å². The summed E-state index contributed by atoms with van der Waals surface area (Å²) in [4.78, 5) is 48.4. The Bertz CT molecular complexity index is 1170. The molecule has 1 heterocycles. The molecular formula is C37H65N5O7. The van der Waals surface area contributed by atoms with E-state index in [1.165, 1.54) is 13.5 Å². The fraction of sp³-hybridized carbons (Fsp3) is 0.919. The molecule has 0 aromatic rings. The molecule has 7 unspecified atom stereocenters. The fourth-order valence-corrected chi connectivity index (χ4v) is 10.9. The Morgan fingerprint density at radius 3 is 2.37 bits per heavy atom. The Labute approximate surface area is 294 Å². The lowest BCUT2D eigenvalue weighted by Crippen LogP contribution is -2.62. The van der Waals surface area contributed by atoms with Gasteiger partial charge < -0.3 is 35.4 Å². The third-order valence-corrected chi connectivity index (χ3v) is 13.9. The van der Waals surface area contributed by atoms with Crippen LogP contribution in [0.1, 0.15) is 79.1 Å². The van der Waals surface area contributed by atoms with Gasteiger partial charge in [-0.25, -0.2) is 4.79 Å². The van der Waals surface area contributed by atoms with Gasteiger partial charge in [-0.3, -0.25) is 14.4 Å². The molecule has 280 valence electrons. The summed E-state index contributed by atoms with van der Waals surface area (Å²) in [6.45, 7) is 8.88. The molecule has 1 aliphatic heterocycles. The Balaban J connectivity index is 1.37. The number of ether oxygens (including phenoxy) is 2. The molecule has 0 spiro atoms. The first-order valence-corrected chi connectivity index (χ1v) is 18.9. The Hall–Kier alpha value is -1.99. The van der Waals surface area contributed by atoms with E-state index in [4.69, 9.17) is 14.3 Å². The second kappa shape index (κ2) is 15.7. The highest BCUT2D eigenvalue weighted by molar-refractivity contribution is 5.83. The minimum atomic E-state index is -0.751. The number of alkyl carbamates (subject to hydrolysis) is 1. The number of amides is 3. The van der Waals surface area contributed by atoms with Crippen molar-refractivity contribution in [2.75, 3.05) is 48.5 Å². The number of fused-ring (bicyclic) bond motifs is 2. The van der Waals surface area contributed by atoms with Crippen LogP contribution < -0.4 is 16.0 Å². The van der Waals surface area contributed by atoms with Gasteiger partial charge in [0.25, 0.3) is 0 Å². The number of aliphatic hydroxyl groups excluding tert-OH is 1. The van der Waals surface area contributed by atoms with Gasteiger partial charge in [0, 0.05) is 51.7 Å². The Kier molecular flexibility index (Phi) is 12.3. The van der Waals surface area contributed by atoms with Crippen molar-refractivity contribution in [1.82, 2.24) is 25.9 Å².